The molecule has 18 nitrogen and oxygen atoms in total. The van der Waals surface area contributed by atoms with Crippen molar-refractivity contribution in [2.75, 3.05) is 32.7 Å². The van der Waals surface area contributed by atoms with Crippen LogP contribution in [-0.4, -0.2) is 109 Å². The second kappa shape index (κ2) is 19.8. The van der Waals surface area contributed by atoms with Gasteiger partial charge in [-0.1, -0.05) is 18.2 Å². The van der Waals surface area contributed by atoms with Crippen molar-refractivity contribution in [1.82, 2.24) is 31.6 Å². The van der Waals surface area contributed by atoms with Crippen LogP contribution in [0.2, 0.25) is 0 Å². The maximum Gasteiger partial charge on any atom is 0.326 e. The van der Waals surface area contributed by atoms with Gasteiger partial charge in [-0.05, 0) is 63.5 Å². The van der Waals surface area contributed by atoms with Crippen molar-refractivity contribution in [2.24, 2.45) is 28.7 Å². The van der Waals surface area contributed by atoms with E-state index in [1.54, 1.807) is 6.20 Å². The molecule has 5 atom stereocenters. The monoisotopic (exact) mass is 661 g/mol. The quantitative estimate of drug-likeness (QED) is 0.0603. The van der Waals surface area contributed by atoms with E-state index in [0.29, 0.717) is 5.56 Å². The normalized spacial score (nSPS) is 14.2. The summed E-state index contributed by atoms with van der Waals surface area (Å²) >= 11 is 0. The number of hydrogen-bond donors (Lipinski definition) is 12. The fourth-order valence-corrected chi connectivity index (χ4v) is 4.80. The highest BCUT2D eigenvalue weighted by atomic mass is 16.4. The summed E-state index contributed by atoms with van der Waals surface area (Å²) in [6.45, 7) is -0.349. The Morgan fingerprint density at radius 2 is 1.04 bits per heavy atom. The summed E-state index contributed by atoms with van der Waals surface area (Å²) in [6, 6.07) is 1.22. The summed E-state index contributed by atoms with van der Waals surface area (Å²) in [4.78, 5) is 79.9. The van der Waals surface area contributed by atoms with Gasteiger partial charge in [-0.3, -0.25) is 24.0 Å². The molecule has 0 fully saturated rings. The Kier molecular flexibility index (Phi) is 16.2. The third kappa shape index (κ3) is 11.9. The Balaban J connectivity index is 2.36. The van der Waals surface area contributed by atoms with Crippen LogP contribution >= 0.6 is 0 Å². The van der Waals surface area contributed by atoms with Gasteiger partial charge in [0, 0.05) is 23.5 Å². The predicted octanol–water partition coefficient (Wildman–Crippen LogP) is -4.43. The van der Waals surface area contributed by atoms with Crippen LogP contribution < -0.4 is 55.3 Å². The van der Waals surface area contributed by atoms with Crippen LogP contribution in [0.4, 0.5) is 0 Å². The number of carbonyl (C=O) groups is 6. The average Bonchev–Trinajstić information content (AvgIpc) is 3.45. The summed E-state index contributed by atoms with van der Waals surface area (Å²) in [5, 5.41) is 22.8. The summed E-state index contributed by atoms with van der Waals surface area (Å²) in [6.07, 6.45) is 1.62. The molecule has 18 heteroatoms. The molecule has 17 N–H and O–H groups in total. The van der Waals surface area contributed by atoms with Crippen LogP contribution in [0.3, 0.4) is 0 Å². The number of carboxylic acid groups (broad SMARTS) is 1. The van der Waals surface area contributed by atoms with Crippen LogP contribution in [-0.2, 0) is 35.2 Å². The smallest absolute Gasteiger partial charge is 0.326 e. The molecule has 1 heterocycles. The van der Waals surface area contributed by atoms with E-state index in [0.717, 1.165) is 10.9 Å². The van der Waals surface area contributed by atoms with E-state index >= 15 is 0 Å². The number of benzene rings is 1. The SMILES string of the molecule is NCC[C@H](NC(=O)[C@H](CCN)NC(=O)[C@H](Cc1c[nH]c2ccccc12)NC(=O)[C@H](CCN)NC(=O)[C@H](CCN)NC(=O)CN)C(=O)O. The number of carbonyl (C=O) groups excluding carboxylic acids is 5. The highest BCUT2D eigenvalue weighted by Gasteiger charge is 2.32. The van der Waals surface area contributed by atoms with E-state index in [-0.39, 0.29) is 64.8 Å². The molecule has 1 aromatic carbocycles. The van der Waals surface area contributed by atoms with Crippen molar-refractivity contribution >= 4 is 46.4 Å². The zero-order valence-electron chi connectivity index (χ0n) is 26.1. The van der Waals surface area contributed by atoms with Gasteiger partial charge in [-0.15, -0.1) is 0 Å². The van der Waals surface area contributed by atoms with Gasteiger partial charge in [-0.2, -0.15) is 0 Å². The topological polar surface area (TPSA) is 329 Å². The van der Waals surface area contributed by atoms with E-state index in [1.165, 1.54) is 0 Å². The number of amides is 5. The number of para-hydroxylation sites is 1. The lowest BCUT2D eigenvalue weighted by Crippen LogP contribution is -2.60. The number of aliphatic carboxylic acids is 1. The highest BCUT2D eigenvalue weighted by molar-refractivity contribution is 5.96. The molecule has 2 rings (SSSR count). The van der Waals surface area contributed by atoms with E-state index in [4.69, 9.17) is 28.7 Å². The molecule has 0 saturated carbocycles. The van der Waals surface area contributed by atoms with Crippen LogP contribution in [0.15, 0.2) is 30.5 Å². The van der Waals surface area contributed by atoms with Gasteiger partial charge >= 0.3 is 5.97 Å². The van der Waals surface area contributed by atoms with Crippen LogP contribution in [0.5, 0.6) is 0 Å². The number of aromatic nitrogens is 1. The zero-order chi connectivity index (χ0) is 34.9. The first-order valence-electron chi connectivity index (χ1n) is 15.3. The van der Waals surface area contributed by atoms with Crippen molar-refractivity contribution in [2.45, 2.75) is 62.3 Å². The molecule has 2 aromatic rings. The zero-order valence-corrected chi connectivity index (χ0v) is 26.1. The second-order valence-corrected chi connectivity index (χ2v) is 10.8. The van der Waals surface area contributed by atoms with E-state index < -0.39 is 65.7 Å². The van der Waals surface area contributed by atoms with Gasteiger partial charge in [0.05, 0.1) is 6.54 Å². The molecule has 0 saturated heterocycles. The number of rotatable bonds is 21. The fourth-order valence-electron chi connectivity index (χ4n) is 4.80. The molecule has 1 aromatic heterocycles. The minimum Gasteiger partial charge on any atom is -0.480 e. The average molecular weight is 662 g/mol. The predicted molar refractivity (Wildman–Crippen MR) is 173 cm³/mol. The molecule has 0 radical (unpaired) electrons. The first-order chi connectivity index (χ1) is 22.5. The number of hydrogen-bond acceptors (Lipinski definition) is 11. The third-order valence-corrected chi connectivity index (χ3v) is 7.27. The van der Waals surface area contributed by atoms with Crippen molar-refractivity contribution in [3.05, 3.63) is 36.0 Å². The number of fused-ring (bicyclic) bond motifs is 1. The van der Waals surface area contributed by atoms with Crippen LogP contribution in [0.25, 0.3) is 10.9 Å². The Morgan fingerprint density at radius 3 is 1.53 bits per heavy atom. The molecule has 5 amide bonds. The Hall–Kier alpha value is -4.62. The maximum atomic E-state index is 13.7. The molecule has 47 heavy (non-hydrogen) atoms. The number of nitrogens with two attached hydrogens (primary N) is 5. The minimum absolute atomic E-state index is 0.00322. The Labute approximate surface area is 271 Å². The minimum atomic E-state index is -1.30. The first-order valence-corrected chi connectivity index (χ1v) is 15.3. The largest absolute Gasteiger partial charge is 0.480 e. The molecule has 0 unspecified atom stereocenters. The fraction of sp³-hybridized carbons (Fsp3) is 0.517. The molecule has 0 aliphatic heterocycles. The number of H-pyrrole nitrogens is 1. The molecular formula is C29H47N11O7. The van der Waals surface area contributed by atoms with Crippen molar-refractivity contribution in [1.29, 1.82) is 0 Å². The van der Waals surface area contributed by atoms with E-state index in [2.05, 4.69) is 31.6 Å². The summed E-state index contributed by atoms with van der Waals surface area (Å²) in [5.41, 5.74) is 29.3. The highest BCUT2D eigenvalue weighted by Crippen LogP contribution is 2.19. The van der Waals surface area contributed by atoms with Gasteiger partial charge in [0.15, 0.2) is 0 Å². The van der Waals surface area contributed by atoms with Crippen molar-refractivity contribution in [3.63, 3.8) is 0 Å². The standard InChI is InChI=1S/C29H47N11O7/c30-9-5-19(36-24(41)14-34)25(42)37-21(7-11-32)27(44)40-23(13-16-15-35-18-4-2-1-3-17(16)18)28(45)38-20(6-10-31)26(43)39-22(8-12-33)29(46)47/h1-4,15,19-23,35H,5-14,30-34H2,(H,36,41)(H,37,42)(H,38,45)(H,39,43)(H,40,44)(H,46,47)/t19-,20-,21-,22-,23-/m0/s1. The van der Waals surface area contributed by atoms with Gasteiger partial charge in [0.2, 0.25) is 29.5 Å². The Morgan fingerprint density at radius 1 is 0.617 bits per heavy atom. The summed E-state index contributed by atoms with van der Waals surface area (Å²) in [5.74, 6) is -4.90. The number of carboxylic acids is 1. The molecule has 0 spiro atoms. The van der Waals surface area contributed by atoms with E-state index in [1.807, 2.05) is 24.3 Å². The molecule has 0 aliphatic carbocycles. The van der Waals surface area contributed by atoms with Gasteiger partial charge in [0.1, 0.15) is 30.2 Å². The first kappa shape index (κ1) is 38.6. The Bertz CT molecular complexity index is 1370. The molecule has 260 valence electrons. The van der Waals surface area contributed by atoms with Gasteiger partial charge in [0.25, 0.3) is 0 Å². The summed E-state index contributed by atoms with van der Waals surface area (Å²) < 4.78 is 0. The lowest BCUT2D eigenvalue weighted by Gasteiger charge is -2.27. The lowest BCUT2D eigenvalue weighted by molar-refractivity contribution is -0.142. The number of aromatic amines is 1. The van der Waals surface area contributed by atoms with Crippen LogP contribution in [0.1, 0.15) is 31.2 Å². The maximum absolute atomic E-state index is 13.7. The summed E-state index contributed by atoms with van der Waals surface area (Å²) in [7, 11) is 0. The lowest BCUT2D eigenvalue weighted by atomic mass is 10.0. The molecule has 0 aliphatic rings. The molecule has 0 bridgehead atoms. The number of nitrogens with one attached hydrogen (secondary N) is 6. The van der Waals surface area contributed by atoms with E-state index in [9.17, 15) is 33.9 Å². The van der Waals surface area contributed by atoms with Gasteiger partial charge in [-0.25, -0.2) is 4.79 Å². The van der Waals surface area contributed by atoms with Gasteiger partial charge < -0.3 is 65.3 Å². The second-order valence-electron chi connectivity index (χ2n) is 10.8. The van der Waals surface area contributed by atoms with Crippen molar-refractivity contribution in [3.8, 4) is 0 Å². The van der Waals surface area contributed by atoms with Crippen LogP contribution in [0, 0.1) is 0 Å². The van der Waals surface area contributed by atoms with Crippen molar-refractivity contribution < 1.29 is 33.9 Å². The third-order valence-electron chi connectivity index (χ3n) is 7.27. The molecular weight excluding hydrogens is 614 g/mol.